The molecule has 0 spiro atoms. The Labute approximate surface area is 96.5 Å². The van der Waals surface area contributed by atoms with E-state index in [-0.39, 0.29) is 5.41 Å². The monoisotopic (exact) mass is 223 g/mol. The molecule has 1 aromatic rings. The maximum atomic E-state index is 10.5. The SMILES string of the molecule is Cc1nn(C)cc1C(O)C1(CN)CCCC1. The van der Waals surface area contributed by atoms with Gasteiger partial charge in [0.2, 0.25) is 0 Å². The second-order valence-corrected chi connectivity index (χ2v) is 5.02. The lowest BCUT2D eigenvalue weighted by Gasteiger charge is -2.32. The van der Waals surface area contributed by atoms with E-state index in [9.17, 15) is 5.11 Å². The molecule has 1 unspecified atom stereocenters. The van der Waals surface area contributed by atoms with Gasteiger partial charge in [0.05, 0.1) is 11.8 Å². The lowest BCUT2D eigenvalue weighted by molar-refractivity contribution is 0.0328. The maximum absolute atomic E-state index is 10.5. The Morgan fingerprint density at radius 3 is 2.62 bits per heavy atom. The lowest BCUT2D eigenvalue weighted by Crippen LogP contribution is -2.34. The third kappa shape index (κ3) is 1.76. The van der Waals surface area contributed by atoms with Crippen LogP contribution in [-0.4, -0.2) is 21.4 Å². The lowest BCUT2D eigenvalue weighted by atomic mass is 9.77. The van der Waals surface area contributed by atoms with Gasteiger partial charge in [-0.05, 0) is 19.8 Å². The predicted octanol–water partition coefficient (Wildman–Crippen LogP) is 1.28. The average molecular weight is 223 g/mol. The van der Waals surface area contributed by atoms with E-state index in [0.29, 0.717) is 6.54 Å². The number of nitrogens with zero attached hydrogens (tertiary/aromatic N) is 2. The van der Waals surface area contributed by atoms with E-state index < -0.39 is 6.10 Å². The number of hydrogen-bond donors (Lipinski definition) is 2. The van der Waals surface area contributed by atoms with E-state index in [2.05, 4.69) is 5.10 Å². The van der Waals surface area contributed by atoms with E-state index in [1.807, 2.05) is 20.2 Å². The maximum Gasteiger partial charge on any atom is 0.0891 e. The second-order valence-electron chi connectivity index (χ2n) is 5.02. The van der Waals surface area contributed by atoms with Gasteiger partial charge in [0, 0.05) is 30.8 Å². The minimum absolute atomic E-state index is 0.117. The highest BCUT2D eigenvalue weighted by Gasteiger charge is 2.41. The molecule has 90 valence electrons. The van der Waals surface area contributed by atoms with Gasteiger partial charge in [0.15, 0.2) is 0 Å². The van der Waals surface area contributed by atoms with Crippen LogP contribution in [0.2, 0.25) is 0 Å². The first-order valence-corrected chi connectivity index (χ1v) is 5.97. The fraction of sp³-hybridized carbons (Fsp3) is 0.750. The van der Waals surface area contributed by atoms with E-state index in [4.69, 9.17) is 5.73 Å². The number of nitrogens with two attached hydrogens (primary N) is 1. The molecule has 1 saturated carbocycles. The Morgan fingerprint density at radius 1 is 1.56 bits per heavy atom. The van der Waals surface area contributed by atoms with E-state index >= 15 is 0 Å². The van der Waals surface area contributed by atoms with Gasteiger partial charge in [-0.15, -0.1) is 0 Å². The van der Waals surface area contributed by atoms with Gasteiger partial charge in [-0.3, -0.25) is 4.68 Å². The van der Waals surface area contributed by atoms with Crippen molar-refractivity contribution in [1.29, 1.82) is 0 Å². The molecule has 1 aliphatic rings. The molecule has 0 radical (unpaired) electrons. The van der Waals surface area contributed by atoms with Crippen LogP contribution >= 0.6 is 0 Å². The summed E-state index contributed by atoms with van der Waals surface area (Å²) in [5, 5.41) is 14.8. The van der Waals surface area contributed by atoms with Crippen LogP contribution in [-0.2, 0) is 7.05 Å². The molecule has 4 heteroatoms. The number of aliphatic hydroxyl groups is 1. The van der Waals surface area contributed by atoms with Crippen LogP contribution in [0.3, 0.4) is 0 Å². The molecule has 3 N–H and O–H groups in total. The van der Waals surface area contributed by atoms with Crippen LogP contribution in [0.4, 0.5) is 0 Å². The first kappa shape index (κ1) is 11.6. The van der Waals surface area contributed by atoms with Crippen molar-refractivity contribution in [2.45, 2.75) is 38.7 Å². The van der Waals surface area contributed by atoms with E-state index in [1.165, 1.54) is 12.8 Å². The van der Waals surface area contributed by atoms with E-state index in [1.54, 1.807) is 4.68 Å². The van der Waals surface area contributed by atoms with Crippen LogP contribution in [0.15, 0.2) is 6.20 Å². The topological polar surface area (TPSA) is 64.1 Å². The molecular weight excluding hydrogens is 202 g/mol. The molecule has 1 heterocycles. The minimum atomic E-state index is -0.464. The zero-order valence-corrected chi connectivity index (χ0v) is 10.1. The number of hydrogen-bond acceptors (Lipinski definition) is 3. The fourth-order valence-electron chi connectivity index (χ4n) is 2.88. The van der Waals surface area contributed by atoms with E-state index in [0.717, 1.165) is 24.1 Å². The summed E-state index contributed by atoms with van der Waals surface area (Å²) in [6.07, 6.45) is 5.85. The van der Waals surface area contributed by atoms with Gasteiger partial charge in [-0.1, -0.05) is 12.8 Å². The summed E-state index contributed by atoms with van der Waals surface area (Å²) in [7, 11) is 1.88. The Morgan fingerprint density at radius 2 is 2.19 bits per heavy atom. The zero-order chi connectivity index (χ0) is 11.8. The van der Waals surface area contributed by atoms with Crippen molar-refractivity contribution in [3.63, 3.8) is 0 Å². The molecular formula is C12H21N3O. The van der Waals surface area contributed by atoms with Crippen LogP contribution in [0.25, 0.3) is 0 Å². The van der Waals surface area contributed by atoms with Gasteiger partial charge in [-0.25, -0.2) is 0 Å². The Hall–Kier alpha value is -0.870. The molecule has 16 heavy (non-hydrogen) atoms. The molecule has 1 aliphatic carbocycles. The number of aryl methyl sites for hydroxylation is 2. The van der Waals surface area contributed by atoms with Crippen molar-refractivity contribution >= 4 is 0 Å². The molecule has 0 saturated heterocycles. The standard InChI is InChI=1S/C12H21N3O/c1-9-10(7-15(2)14-9)11(16)12(8-13)5-3-4-6-12/h7,11,16H,3-6,8,13H2,1-2H3. The van der Waals surface area contributed by atoms with Crippen molar-refractivity contribution in [3.05, 3.63) is 17.5 Å². The Kier molecular flexibility index (Phi) is 3.04. The largest absolute Gasteiger partial charge is 0.388 e. The second kappa shape index (κ2) is 4.18. The van der Waals surface area contributed by atoms with Crippen molar-refractivity contribution in [3.8, 4) is 0 Å². The molecule has 0 aromatic carbocycles. The van der Waals surface area contributed by atoms with Gasteiger partial charge in [0.1, 0.15) is 0 Å². The highest BCUT2D eigenvalue weighted by molar-refractivity contribution is 5.21. The molecule has 1 aromatic heterocycles. The predicted molar refractivity (Wildman–Crippen MR) is 62.9 cm³/mol. The Balaban J connectivity index is 2.29. The van der Waals surface area contributed by atoms with Crippen LogP contribution in [0.1, 0.15) is 43.0 Å². The summed E-state index contributed by atoms with van der Waals surface area (Å²) in [6.45, 7) is 2.50. The smallest absolute Gasteiger partial charge is 0.0891 e. The molecule has 0 amide bonds. The van der Waals surface area contributed by atoms with Crippen molar-refractivity contribution in [1.82, 2.24) is 9.78 Å². The highest BCUT2D eigenvalue weighted by atomic mass is 16.3. The first-order chi connectivity index (χ1) is 7.59. The van der Waals surface area contributed by atoms with Crippen LogP contribution < -0.4 is 5.73 Å². The first-order valence-electron chi connectivity index (χ1n) is 5.97. The molecule has 4 nitrogen and oxygen atoms in total. The minimum Gasteiger partial charge on any atom is -0.388 e. The van der Waals surface area contributed by atoms with Gasteiger partial charge in [-0.2, -0.15) is 5.10 Å². The van der Waals surface area contributed by atoms with Crippen LogP contribution in [0.5, 0.6) is 0 Å². The fourth-order valence-corrected chi connectivity index (χ4v) is 2.88. The Bertz CT molecular complexity index is 366. The summed E-state index contributed by atoms with van der Waals surface area (Å²) in [4.78, 5) is 0. The van der Waals surface area contributed by atoms with Crippen molar-refractivity contribution < 1.29 is 5.11 Å². The number of rotatable bonds is 3. The van der Waals surface area contributed by atoms with Crippen molar-refractivity contribution in [2.24, 2.45) is 18.2 Å². The van der Waals surface area contributed by atoms with Gasteiger partial charge >= 0.3 is 0 Å². The summed E-state index contributed by atoms with van der Waals surface area (Å²) in [6, 6.07) is 0. The van der Waals surface area contributed by atoms with Gasteiger partial charge in [0.25, 0.3) is 0 Å². The summed E-state index contributed by atoms with van der Waals surface area (Å²) in [5.74, 6) is 0. The summed E-state index contributed by atoms with van der Waals surface area (Å²) in [5.41, 5.74) is 7.61. The normalized spacial score (nSPS) is 21.2. The van der Waals surface area contributed by atoms with Crippen LogP contribution in [0, 0.1) is 12.3 Å². The molecule has 1 atom stereocenters. The molecule has 0 aliphatic heterocycles. The van der Waals surface area contributed by atoms with Crippen molar-refractivity contribution in [2.75, 3.05) is 6.54 Å². The quantitative estimate of drug-likeness (QED) is 0.811. The van der Waals surface area contributed by atoms with Gasteiger partial charge < -0.3 is 10.8 Å². The highest BCUT2D eigenvalue weighted by Crippen LogP contribution is 2.47. The molecule has 2 rings (SSSR count). The number of aromatic nitrogens is 2. The summed E-state index contributed by atoms with van der Waals surface area (Å²) < 4.78 is 1.76. The average Bonchev–Trinajstić information content (AvgIpc) is 2.85. The third-order valence-corrected chi connectivity index (χ3v) is 3.93. The molecule has 1 fully saturated rings. The summed E-state index contributed by atoms with van der Waals surface area (Å²) >= 11 is 0. The molecule has 0 bridgehead atoms. The zero-order valence-electron chi connectivity index (χ0n) is 10.1. The third-order valence-electron chi connectivity index (χ3n) is 3.93. The number of aliphatic hydroxyl groups excluding tert-OH is 1.